The number of carbonyl (C=O) groups excluding carboxylic acids is 1. The average Bonchev–Trinajstić information content (AvgIpc) is 3.12. The van der Waals surface area contributed by atoms with Crippen molar-refractivity contribution in [2.45, 2.75) is 38.6 Å². The lowest BCUT2D eigenvalue weighted by Gasteiger charge is -2.11. The number of anilines is 1. The molecule has 0 aliphatic carbocycles. The van der Waals surface area contributed by atoms with Gasteiger partial charge >= 0.3 is 0 Å². The Kier molecular flexibility index (Phi) is 5.55. The minimum atomic E-state index is -0.120. The van der Waals surface area contributed by atoms with Crippen molar-refractivity contribution in [1.82, 2.24) is 19.6 Å². The van der Waals surface area contributed by atoms with E-state index in [1.807, 2.05) is 69.3 Å². The molecule has 7 heteroatoms. The van der Waals surface area contributed by atoms with E-state index >= 15 is 0 Å². The topological polar surface area (TPSA) is 72.2 Å². The van der Waals surface area contributed by atoms with Crippen molar-refractivity contribution in [1.29, 1.82) is 0 Å². The summed E-state index contributed by atoms with van der Waals surface area (Å²) >= 11 is 1.49. The Morgan fingerprint density at radius 2 is 1.80 bits per heavy atom. The lowest BCUT2D eigenvalue weighted by Crippen LogP contribution is -2.14. The number of fused-ring (bicyclic) bond motifs is 1. The Morgan fingerprint density at radius 1 is 1.00 bits per heavy atom. The highest BCUT2D eigenvalue weighted by molar-refractivity contribution is 7.98. The molecule has 0 aliphatic heterocycles. The van der Waals surface area contributed by atoms with E-state index in [1.165, 1.54) is 17.3 Å². The summed E-state index contributed by atoms with van der Waals surface area (Å²) in [5.74, 6) is 1.06. The minimum Gasteiger partial charge on any atom is -0.322 e. The monoisotopic (exact) mass is 417 g/mol. The van der Waals surface area contributed by atoms with Crippen molar-refractivity contribution < 1.29 is 4.79 Å². The summed E-state index contributed by atoms with van der Waals surface area (Å²) in [7, 11) is 0. The van der Waals surface area contributed by atoms with Gasteiger partial charge in [0.05, 0.1) is 0 Å². The van der Waals surface area contributed by atoms with Crippen molar-refractivity contribution in [3.05, 3.63) is 82.2 Å². The fourth-order valence-corrected chi connectivity index (χ4v) is 4.06. The lowest BCUT2D eigenvalue weighted by atomic mass is 10.1. The fourth-order valence-electron chi connectivity index (χ4n) is 3.24. The Balaban J connectivity index is 1.52. The van der Waals surface area contributed by atoms with Crippen LogP contribution in [0, 0.1) is 27.7 Å². The first-order chi connectivity index (χ1) is 14.4. The van der Waals surface area contributed by atoms with Crippen LogP contribution in [0.15, 0.2) is 53.7 Å². The molecule has 2 aromatic carbocycles. The van der Waals surface area contributed by atoms with Gasteiger partial charge in [0, 0.05) is 28.4 Å². The highest BCUT2D eigenvalue weighted by Gasteiger charge is 2.14. The van der Waals surface area contributed by atoms with Gasteiger partial charge in [-0.05, 0) is 68.7 Å². The molecule has 0 bridgehead atoms. The predicted molar refractivity (Wildman–Crippen MR) is 120 cm³/mol. The molecular weight excluding hydrogens is 394 g/mol. The highest BCUT2D eigenvalue weighted by Crippen LogP contribution is 2.24. The number of benzene rings is 2. The van der Waals surface area contributed by atoms with E-state index in [0.717, 1.165) is 28.2 Å². The number of amides is 1. The van der Waals surface area contributed by atoms with Crippen molar-refractivity contribution in [3.8, 4) is 0 Å². The average molecular weight is 418 g/mol. The van der Waals surface area contributed by atoms with Crippen LogP contribution in [0.2, 0.25) is 0 Å². The van der Waals surface area contributed by atoms with Gasteiger partial charge in [0.2, 0.25) is 5.16 Å². The summed E-state index contributed by atoms with van der Waals surface area (Å²) in [5, 5.41) is 8.18. The number of hydrogen-bond acceptors (Lipinski definition) is 5. The van der Waals surface area contributed by atoms with E-state index in [4.69, 9.17) is 0 Å². The van der Waals surface area contributed by atoms with Gasteiger partial charge < -0.3 is 5.32 Å². The highest BCUT2D eigenvalue weighted by atomic mass is 32.2. The quantitative estimate of drug-likeness (QED) is 0.468. The second kappa shape index (κ2) is 8.28. The molecule has 0 spiro atoms. The summed E-state index contributed by atoms with van der Waals surface area (Å²) in [4.78, 5) is 21.8. The molecular formula is C23H23N5OS. The summed E-state index contributed by atoms with van der Waals surface area (Å²) < 4.78 is 1.74. The van der Waals surface area contributed by atoms with Crippen molar-refractivity contribution in [3.63, 3.8) is 0 Å². The third kappa shape index (κ3) is 4.21. The lowest BCUT2D eigenvalue weighted by molar-refractivity contribution is 0.102. The molecule has 4 rings (SSSR count). The molecule has 0 unspecified atom stereocenters. The first-order valence-corrected chi connectivity index (χ1v) is 10.7. The van der Waals surface area contributed by atoms with Gasteiger partial charge in [-0.15, -0.1) is 5.10 Å². The van der Waals surface area contributed by atoms with E-state index in [-0.39, 0.29) is 5.91 Å². The smallest absolute Gasteiger partial charge is 0.255 e. The molecule has 0 aliphatic rings. The molecule has 1 amide bonds. The normalized spacial score (nSPS) is 11.1. The van der Waals surface area contributed by atoms with Crippen LogP contribution in [0.1, 0.15) is 38.4 Å². The van der Waals surface area contributed by atoms with Crippen LogP contribution in [-0.4, -0.2) is 25.5 Å². The van der Waals surface area contributed by atoms with Crippen LogP contribution in [0.4, 0.5) is 5.69 Å². The van der Waals surface area contributed by atoms with Gasteiger partial charge in [0.1, 0.15) is 0 Å². The van der Waals surface area contributed by atoms with Gasteiger partial charge in [-0.2, -0.15) is 4.98 Å². The first kappa shape index (κ1) is 20.1. The van der Waals surface area contributed by atoms with E-state index in [0.29, 0.717) is 22.3 Å². The van der Waals surface area contributed by atoms with Crippen LogP contribution in [0.5, 0.6) is 0 Å². The maximum atomic E-state index is 12.9. The third-order valence-electron chi connectivity index (χ3n) is 4.98. The molecule has 0 saturated carbocycles. The molecule has 1 N–H and O–H groups in total. The van der Waals surface area contributed by atoms with Crippen LogP contribution in [-0.2, 0) is 5.75 Å². The second-order valence-electron chi connectivity index (χ2n) is 7.34. The molecule has 0 saturated heterocycles. The van der Waals surface area contributed by atoms with E-state index in [9.17, 15) is 4.79 Å². The zero-order chi connectivity index (χ0) is 21.3. The molecule has 152 valence electrons. The van der Waals surface area contributed by atoms with Crippen molar-refractivity contribution in [2.75, 3.05) is 5.32 Å². The number of hydrogen-bond donors (Lipinski definition) is 1. The number of nitrogens with one attached hydrogen (secondary N) is 1. The minimum absolute atomic E-state index is 0.120. The van der Waals surface area contributed by atoms with Gasteiger partial charge in [-0.3, -0.25) is 4.79 Å². The largest absolute Gasteiger partial charge is 0.322 e. The maximum absolute atomic E-state index is 12.9. The summed E-state index contributed by atoms with van der Waals surface area (Å²) in [6.45, 7) is 8.02. The van der Waals surface area contributed by atoms with Crippen LogP contribution >= 0.6 is 11.8 Å². The van der Waals surface area contributed by atoms with E-state index in [2.05, 4.69) is 27.3 Å². The Bertz CT molecular complexity index is 1250. The van der Waals surface area contributed by atoms with Gasteiger partial charge in [0.25, 0.3) is 11.7 Å². The molecule has 2 heterocycles. The summed E-state index contributed by atoms with van der Waals surface area (Å²) in [5.41, 5.74) is 6.63. The molecule has 0 fully saturated rings. The zero-order valence-electron chi connectivity index (χ0n) is 17.4. The van der Waals surface area contributed by atoms with Crippen LogP contribution < -0.4 is 5.32 Å². The number of nitrogens with zero attached hydrogens (tertiary/aromatic N) is 4. The number of aromatic nitrogens is 4. The number of carbonyl (C=O) groups is 1. The third-order valence-corrected chi connectivity index (χ3v) is 5.87. The standard InChI is InChI=1S/C23H23N5OS/c1-14-9-10-19(11-15(14)2)25-21(29)20-8-6-5-7-18(20)13-30-23-26-22-24-16(3)12-17(4)28(22)27-23/h5-12H,13H2,1-4H3,(H,25,29). The maximum Gasteiger partial charge on any atom is 0.255 e. The van der Waals surface area contributed by atoms with Gasteiger partial charge in [-0.1, -0.05) is 36.0 Å². The van der Waals surface area contributed by atoms with E-state index in [1.54, 1.807) is 4.52 Å². The van der Waals surface area contributed by atoms with E-state index < -0.39 is 0 Å². The first-order valence-electron chi connectivity index (χ1n) is 9.71. The molecule has 4 aromatic rings. The van der Waals surface area contributed by atoms with Gasteiger partial charge in [0.15, 0.2) is 0 Å². The SMILES string of the molecule is Cc1cc(C)n2nc(SCc3ccccc3C(=O)Nc3ccc(C)c(C)c3)nc2n1. The molecule has 0 atom stereocenters. The summed E-state index contributed by atoms with van der Waals surface area (Å²) in [6, 6.07) is 15.5. The fraction of sp³-hybridized carbons (Fsp3) is 0.217. The number of aryl methyl sites for hydroxylation is 4. The predicted octanol–water partition coefficient (Wildman–Crippen LogP) is 4.90. The molecule has 0 radical (unpaired) electrons. The molecule has 30 heavy (non-hydrogen) atoms. The Morgan fingerprint density at radius 3 is 2.60 bits per heavy atom. The Hall–Kier alpha value is -3.19. The summed E-state index contributed by atoms with van der Waals surface area (Å²) in [6.07, 6.45) is 0. The Labute approximate surface area is 179 Å². The van der Waals surface area contributed by atoms with Crippen molar-refractivity contribution in [2.24, 2.45) is 0 Å². The van der Waals surface area contributed by atoms with Crippen molar-refractivity contribution >= 4 is 29.1 Å². The molecule has 6 nitrogen and oxygen atoms in total. The van der Waals surface area contributed by atoms with Crippen LogP contribution in [0.25, 0.3) is 5.78 Å². The number of rotatable bonds is 5. The number of thioether (sulfide) groups is 1. The molecule has 2 aromatic heterocycles. The zero-order valence-corrected chi connectivity index (χ0v) is 18.2. The van der Waals surface area contributed by atoms with Gasteiger partial charge in [-0.25, -0.2) is 9.50 Å². The second-order valence-corrected chi connectivity index (χ2v) is 8.29. The van der Waals surface area contributed by atoms with Crippen LogP contribution in [0.3, 0.4) is 0 Å².